The summed E-state index contributed by atoms with van der Waals surface area (Å²) in [4.78, 5) is 24.1. The minimum absolute atomic E-state index is 0.0813. The normalized spacial score (nSPS) is 22.9. The number of aromatic nitrogens is 2. The fourth-order valence-corrected chi connectivity index (χ4v) is 4.33. The molecule has 0 unspecified atom stereocenters. The Bertz CT molecular complexity index is 972. The molecule has 1 amide bonds. The second-order valence-corrected chi connectivity index (χ2v) is 7.95. The SMILES string of the molecule is O=C(N[C@@H]1CC[C@@H](C(=O)O)CCC1(F)F)c1nn(-c2ccc(F)cc2)c2c1CCC2. The molecule has 1 aromatic heterocycles. The predicted molar refractivity (Wildman–Crippen MR) is 101 cm³/mol. The molecule has 2 aromatic rings. The predicted octanol–water partition coefficient (Wildman–Crippen LogP) is 3.51. The highest BCUT2D eigenvalue weighted by Crippen LogP contribution is 2.35. The maximum absolute atomic E-state index is 14.6. The Balaban J connectivity index is 1.59. The van der Waals surface area contributed by atoms with Crippen LogP contribution in [-0.4, -0.2) is 38.7 Å². The van der Waals surface area contributed by atoms with Gasteiger partial charge in [-0.05, 0) is 62.8 Å². The van der Waals surface area contributed by atoms with Crippen molar-refractivity contribution in [1.29, 1.82) is 0 Å². The number of aliphatic carboxylic acids is 1. The van der Waals surface area contributed by atoms with Crippen molar-refractivity contribution in [2.24, 2.45) is 5.92 Å². The van der Waals surface area contributed by atoms with E-state index in [-0.39, 0.29) is 25.0 Å². The average Bonchev–Trinajstić information content (AvgIpc) is 3.26. The monoisotopic (exact) mass is 421 g/mol. The van der Waals surface area contributed by atoms with Gasteiger partial charge in [0.1, 0.15) is 5.82 Å². The number of rotatable bonds is 4. The zero-order valence-electron chi connectivity index (χ0n) is 16.2. The molecule has 1 fully saturated rings. The lowest BCUT2D eigenvalue weighted by Crippen LogP contribution is -2.47. The van der Waals surface area contributed by atoms with Crippen LogP contribution in [0.15, 0.2) is 24.3 Å². The summed E-state index contributed by atoms with van der Waals surface area (Å²) in [6.45, 7) is 0. The van der Waals surface area contributed by atoms with E-state index in [9.17, 15) is 22.8 Å². The molecule has 1 saturated carbocycles. The molecule has 0 radical (unpaired) electrons. The summed E-state index contributed by atoms with van der Waals surface area (Å²) in [6, 6.07) is 4.25. The number of hydrogen-bond donors (Lipinski definition) is 2. The number of fused-ring (bicyclic) bond motifs is 1. The van der Waals surface area contributed by atoms with Crippen molar-refractivity contribution in [3.8, 4) is 5.69 Å². The summed E-state index contributed by atoms with van der Waals surface area (Å²) < 4.78 is 43.9. The lowest BCUT2D eigenvalue weighted by Gasteiger charge is -2.25. The van der Waals surface area contributed by atoms with E-state index in [4.69, 9.17) is 5.11 Å². The summed E-state index contributed by atoms with van der Waals surface area (Å²) in [6.07, 6.45) is 1.37. The van der Waals surface area contributed by atoms with Crippen molar-refractivity contribution >= 4 is 11.9 Å². The first kappa shape index (κ1) is 20.4. The molecular formula is C21H22F3N3O3. The maximum Gasteiger partial charge on any atom is 0.306 e. The number of amides is 1. The highest BCUT2D eigenvalue weighted by molar-refractivity contribution is 5.94. The van der Waals surface area contributed by atoms with Crippen molar-refractivity contribution in [3.63, 3.8) is 0 Å². The zero-order chi connectivity index (χ0) is 21.5. The van der Waals surface area contributed by atoms with Gasteiger partial charge in [0.15, 0.2) is 5.69 Å². The molecular weight excluding hydrogens is 399 g/mol. The van der Waals surface area contributed by atoms with E-state index in [1.54, 1.807) is 16.8 Å². The molecule has 2 aliphatic carbocycles. The van der Waals surface area contributed by atoms with Crippen LogP contribution in [0.25, 0.3) is 5.69 Å². The van der Waals surface area contributed by atoms with Gasteiger partial charge in [0.25, 0.3) is 11.8 Å². The van der Waals surface area contributed by atoms with E-state index in [0.717, 1.165) is 17.7 Å². The van der Waals surface area contributed by atoms with Gasteiger partial charge in [-0.2, -0.15) is 5.10 Å². The Hall–Kier alpha value is -2.84. The van der Waals surface area contributed by atoms with Crippen LogP contribution < -0.4 is 5.32 Å². The first-order valence-electron chi connectivity index (χ1n) is 10.0. The molecule has 1 aromatic carbocycles. The fourth-order valence-electron chi connectivity index (χ4n) is 4.33. The van der Waals surface area contributed by atoms with Crippen LogP contribution in [0, 0.1) is 11.7 Å². The number of halogens is 3. The number of alkyl halides is 2. The fraction of sp³-hybridized carbons (Fsp3) is 0.476. The van der Waals surface area contributed by atoms with E-state index in [0.29, 0.717) is 18.5 Å². The Morgan fingerprint density at radius 1 is 1.13 bits per heavy atom. The zero-order valence-corrected chi connectivity index (χ0v) is 16.2. The minimum Gasteiger partial charge on any atom is -0.481 e. The van der Waals surface area contributed by atoms with Crippen molar-refractivity contribution in [2.75, 3.05) is 0 Å². The standard InChI is InChI=1S/C21H22F3N3O3/c22-13-5-7-14(8-6-13)27-16-3-1-2-15(16)18(26-27)19(28)25-17-9-4-12(20(29)30)10-11-21(17,23)24/h5-8,12,17H,1-4,9-11H2,(H,25,28)(H,29,30)/t12-,17-/m1/s1. The number of nitrogens with one attached hydrogen (secondary N) is 1. The van der Waals surface area contributed by atoms with Gasteiger partial charge in [-0.15, -0.1) is 0 Å². The van der Waals surface area contributed by atoms with Crippen LogP contribution in [0.4, 0.5) is 13.2 Å². The molecule has 2 atom stereocenters. The smallest absolute Gasteiger partial charge is 0.306 e. The number of benzene rings is 1. The van der Waals surface area contributed by atoms with Gasteiger partial charge in [0, 0.05) is 17.7 Å². The van der Waals surface area contributed by atoms with Gasteiger partial charge in [-0.25, -0.2) is 17.9 Å². The van der Waals surface area contributed by atoms with Crippen LogP contribution in [0.1, 0.15) is 53.8 Å². The Labute approximate surface area is 171 Å². The van der Waals surface area contributed by atoms with Gasteiger partial charge in [-0.3, -0.25) is 9.59 Å². The number of carboxylic acid groups (broad SMARTS) is 1. The van der Waals surface area contributed by atoms with Crippen molar-refractivity contribution < 1.29 is 27.9 Å². The van der Waals surface area contributed by atoms with Crippen LogP contribution in [0.5, 0.6) is 0 Å². The van der Waals surface area contributed by atoms with E-state index in [1.807, 2.05) is 0 Å². The van der Waals surface area contributed by atoms with Crippen molar-refractivity contribution in [1.82, 2.24) is 15.1 Å². The lowest BCUT2D eigenvalue weighted by atomic mass is 10.0. The second kappa shape index (κ2) is 7.77. The van der Waals surface area contributed by atoms with Gasteiger partial charge in [-0.1, -0.05) is 0 Å². The van der Waals surface area contributed by atoms with Crippen molar-refractivity contribution in [3.05, 3.63) is 47.0 Å². The molecule has 2 N–H and O–H groups in total. The van der Waals surface area contributed by atoms with Crippen molar-refractivity contribution in [2.45, 2.75) is 56.9 Å². The molecule has 4 rings (SSSR count). The molecule has 30 heavy (non-hydrogen) atoms. The third-order valence-corrected chi connectivity index (χ3v) is 6.01. The largest absolute Gasteiger partial charge is 0.481 e. The molecule has 0 bridgehead atoms. The third kappa shape index (κ3) is 3.80. The second-order valence-electron chi connectivity index (χ2n) is 7.95. The quantitative estimate of drug-likeness (QED) is 0.740. The number of carbonyl (C=O) groups excluding carboxylic acids is 1. The third-order valence-electron chi connectivity index (χ3n) is 6.01. The summed E-state index contributed by atoms with van der Waals surface area (Å²) in [5.41, 5.74) is 2.24. The number of hydrogen-bond acceptors (Lipinski definition) is 3. The van der Waals surface area contributed by atoms with Crippen LogP contribution in [0.2, 0.25) is 0 Å². The highest BCUT2D eigenvalue weighted by atomic mass is 19.3. The van der Waals surface area contributed by atoms with Crippen LogP contribution >= 0.6 is 0 Å². The molecule has 0 saturated heterocycles. The maximum atomic E-state index is 14.6. The lowest BCUT2D eigenvalue weighted by molar-refractivity contribution is -0.142. The Morgan fingerprint density at radius 3 is 2.57 bits per heavy atom. The van der Waals surface area contributed by atoms with E-state index < -0.39 is 42.0 Å². The Morgan fingerprint density at radius 2 is 1.87 bits per heavy atom. The molecule has 2 aliphatic rings. The first-order valence-corrected chi connectivity index (χ1v) is 10.0. The summed E-state index contributed by atoms with van der Waals surface area (Å²) in [7, 11) is 0. The topological polar surface area (TPSA) is 84.2 Å². The molecule has 0 spiro atoms. The Kier molecular flexibility index (Phi) is 5.29. The first-order chi connectivity index (χ1) is 14.3. The average molecular weight is 421 g/mol. The molecule has 6 nitrogen and oxygen atoms in total. The number of carbonyl (C=O) groups is 2. The molecule has 0 aliphatic heterocycles. The van der Waals surface area contributed by atoms with Gasteiger partial charge in [0.05, 0.1) is 17.6 Å². The molecule has 9 heteroatoms. The van der Waals surface area contributed by atoms with Crippen LogP contribution in [0.3, 0.4) is 0 Å². The minimum atomic E-state index is -3.19. The van der Waals surface area contributed by atoms with E-state index in [2.05, 4.69) is 10.4 Å². The van der Waals surface area contributed by atoms with Crippen LogP contribution in [-0.2, 0) is 17.6 Å². The van der Waals surface area contributed by atoms with Gasteiger partial charge in [0.2, 0.25) is 0 Å². The summed E-state index contributed by atoms with van der Waals surface area (Å²) >= 11 is 0. The van der Waals surface area contributed by atoms with E-state index >= 15 is 0 Å². The molecule has 1 heterocycles. The van der Waals surface area contributed by atoms with Gasteiger partial charge < -0.3 is 10.4 Å². The number of nitrogens with zero attached hydrogens (tertiary/aromatic N) is 2. The molecule has 160 valence electrons. The highest BCUT2D eigenvalue weighted by Gasteiger charge is 2.44. The summed E-state index contributed by atoms with van der Waals surface area (Å²) in [5, 5.41) is 15.9. The number of carboxylic acids is 1. The summed E-state index contributed by atoms with van der Waals surface area (Å²) in [5.74, 6) is -6.20. The van der Waals surface area contributed by atoms with Gasteiger partial charge >= 0.3 is 5.97 Å². The van der Waals surface area contributed by atoms with E-state index in [1.165, 1.54) is 12.1 Å².